The number of rotatable bonds is 4. The van der Waals surface area contributed by atoms with Crippen LogP contribution >= 0.6 is 11.3 Å². The molecule has 7 nitrogen and oxygen atoms in total. The Balaban J connectivity index is 1.59. The quantitative estimate of drug-likeness (QED) is 0.422. The topological polar surface area (TPSA) is 88.0 Å². The molecule has 3 aromatic heterocycles. The molecule has 8 heteroatoms. The summed E-state index contributed by atoms with van der Waals surface area (Å²) in [5.74, 6) is 1.07. The summed E-state index contributed by atoms with van der Waals surface area (Å²) in [4.78, 5) is 18.4. The monoisotopic (exact) mass is 453 g/mol. The number of hydrogen-bond acceptors (Lipinski definition) is 6. The number of fused-ring (bicyclic) bond motifs is 4. The van der Waals surface area contributed by atoms with E-state index in [1.54, 1.807) is 16.4 Å². The summed E-state index contributed by atoms with van der Waals surface area (Å²) in [5.41, 5.74) is 9.59. The first-order valence-corrected chi connectivity index (χ1v) is 11.2. The van der Waals surface area contributed by atoms with Gasteiger partial charge in [0.25, 0.3) is 5.56 Å². The molecule has 33 heavy (non-hydrogen) atoms. The number of nitrogens with zero attached hydrogens (tertiary/aromatic N) is 4. The Morgan fingerprint density at radius 2 is 1.76 bits per heavy atom. The first-order chi connectivity index (χ1) is 16.1. The third-order valence-corrected chi connectivity index (χ3v) is 6.81. The van der Waals surface area contributed by atoms with E-state index in [2.05, 4.69) is 4.98 Å². The summed E-state index contributed by atoms with van der Waals surface area (Å²) in [7, 11) is 1.63. The number of nitrogen functional groups attached to an aromatic ring is 1. The molecule has 0 unspecified atom stereocenters. The maximum atomic E-state index is 13.7. The molecule has 0 aliphatic heterocycles. The summed E-state index contributed by atoms with van der Waals surface area (Å²) in [6, 6.07) is 23.3. The van der Waals surface area contributed by atoms with Crippen molar-refractivity contribution in [1.82, 2.24) is 19.3 Å². The summed E-state index contributed by atoms with van der Waals surface area (Å²) in [6.45, 7) is 0.408. The highest BCUT2D eigenvalue weighted by Crippen LogP contribution is 2.31. The summed E-state index contributed by atoms with van der Waals surface area (Å²) in [6.07, 6.45) is 0. The molecule has 0 saturated heterocycles. The van der Waals surface area contributed by atoms with E-state index in [0.717, 1.165) is 32.4 Å². The SMILES string of the molecule is COc1ccc(Cn2c(=O)c3c(N)n(-c4nc5ccccc5s4)nc3c3ccccc32)cc1. The third kappa shape index (κ3) is 3.07. The molecule has 0 fully saturated rings. The molecule has 0 saturated carbocycles. The van der Waals surface area contributed by atoms with Crippen LogP contribution in [0.3, 0.4) is 0 Å². The van der Waals surface area contributed by atoms with Crippen LogP contribution in [-0.4, -0.2) is 26.4 Å². The van der Waals surface area contributed by atoms with Gasteiger partial charge in [0.2, 0.25) is 5.13 Å². The number of aromatic nitrogens is 4. The van der Waals surface area contributed by atoms with E-state index >= 15 is 0 Å². The van der Waals surface area contributed by atoms with Crippen molar-refractivity contribution in [2.75, 3.05) is 12.8 Å². The molecule has 3 heterocycles. The Labute approximate surface area is 192 Å². The molecule has 0 spiro atoms. The zero-order valence-corrected chi connectivity index (χ0v) is 18.5. The van der Waals surface area contributed by atoms with Gasteiger partial charge in [-0.15, -0.1) is 0 Å². The van der Waals surface area contributed by atoms with E-state index in [4.69, 9.17) is 15.6 Å². The Hall–Kier alpha value is -4.17. The van der Waals surface area contributed by atoms with Gasteiger partial charge in [0.15, 0.2) is 0 Å². The van der Waals surface area contributed by atoms with Crippen molar-refractivity contribution in [3.63, 3.8) is 0 Å². The van der Waals surface area contributed by atoms with E-state index in [9.17, 15) is 4.79 Å². The van der Waals surface area contributed by atoms with Gasteiger partial charge in [-0.1, -0.05) is 53.8 Å². The van der Waals surface area contributed by atoms with E-state index in [1.807, 2.05) is 72.8 Å². The van der Waals surface area contributed by atoms with Gasteiger partial charge in [-0.25, -0.2) is 4.98 Å². The van der Waals surface area contributed by atoms with Gasteiger partial charge in [-0.2, -0.15) is 9.78 Å². The highest BCUT2D eigenvalue weighted by molar-refractivity contribution is 7.20. The molecular formula is C25H19N5O2S. The summed E-state index contributed by atoms with van der Waals surface area (Å²) in [5, 5.41) is 6.65. The van der Waals surface area contributed by atoms with Gasteiger partial charge in [0.05, 0.1) is 29.4 Å². The molecule has 0 atom stereocenters. The minimum absolute atomic E-state index is 0.177. The Bertz CT molecular complexity index is 1680. The zero-order chi connectivity index (χ0) is 22.5. The third-order valence-electron chi connectivity index (χ3n) is 5.79. The van der Waals surface area contributed by atoms with Crippen LogP contribution in [0.5, 0.6) is 5.75 Å². The number of anilines is 1. The molecule has 6 rings (SSSR count). The first-order valence-electron chi connectivity index (χ1n) is 10.4. The average Bonchev–Trinajstić information content (AvgIpc) is 3.43. The lowest BCUT2D eigenvalue weighted by molar-refractivity contribution is 0.414. The van der Waals surface area contributed by atoms with Crippen LogP contribution in [0.25, 0.3) is 37.2 Å². The van der Waals surface area contributed by atoms with E-state index in [1.165, 1.54) is 11.3 Å². The van der Waals surface area contributed by atoms with Gasteiger partial charge in [0.1, 0.15) is 22.5 Å². The fraction of sp³-hybridized carbons (Fsp3) is 0.0800. The number of para-hydroxylation sites is 2. The van der Waals surface area contributed by atoms with Gasteiger partial charge in [-0.3, -0.25) is 4.79 Å². The molecule has 162 valence electrons. The van der Waals surface area contributed by atoms with E-state index < -0.39 is 0 Å². The molecule has 0 amide bonds. The molecule has 0 aliphatic rings. The lowest BCUT2D eigenvalue weighted by Crippen LogP contribution is -2.22. The molecular weight excluding hydrogens is 434 g/mol. The summed E-state index contributed by atoms with van der Waals surface area (Å²) < 4.78 is 9.62. The highest BCUT2D eigenvalue weighted by Gasteiger charge is 2.21. The van der Waals surface area contributed by atoms with Crippen LogP contribution in [-0.2, 0) is 6.54 Å². The highest BCUT2D eigenvalue weighted by atomic mass is 32.1. The van der Waals surface area contributed by atoms with Gasteiger partial charge >= 0.3 is 0 Å². The second kappa shape index (κ2) is 7.46. The number of nitrogens with two attached hydrogens (primary N) is 1. The molecule has 2 N–H and O–H groups in total. The van der Waals surface area contributed by atoms with Crippen molar-refractivity contribution >= 4 is 49.2 Å². The van der Waals surface area contributed by atoms with Gasteiger partial charge in [0, 0.05) is 5.39 Å². The minimum atomic E-state index is -0.177. The molecule has 3 aromatic carbocycles. The second-order valence-corrected chi connectivity index (χ2v) is 8.75. The van der Waals surface area contributed by atoms with E-state index in [0.29, 0.717) is 28.4 Å². The maximum Gasteiger partial charge on any atom is 0.264 e. The van der Waals surface area contributed by atoms with Crippen LogP contribution in [0.15, 0.2) is 77.6 Å². The van der Waals surface area contributed by atoms with Crippen LogP contribution in [0.4, 0.5) is 5.82 Å². The standard InChI is InChI=1S/C25H19N5O2S/c1-32-16-12-10-15(11-13-16)14-29-19-8-4-2-6-17(19)22-21(24(29)31)23(26)30(28-22)25-27-18-7-3-5-9-20(18)33-25/h2-13H,14,26H2,1H3. The fourth-order valence-electron chi connectivity index (χ4n) is 4.15. The molecule has 0 radical (unpaired) electrons. The maximum absolute atomic E-state index is 13.7. The number of thiazole rings is 1. The molecule has 6 aromatic rings. The molecule has 0 aliphatic carbocycles. The smallest absolute Gasteiger partial charge is 0.264 e. The van der Waals surface area contributed by atoms with Crippen LogP contribution < -0.4 is 16.0 Å². The number of methoxy groups -OCH3 is 1. The normalized spacial score (nSPS) is 11.5. The number of hydrogen-bond donors (Lipinski definition) is 1. The Kier molecular flexibility index (Phi) is 4.41. The van der Waals surface area contributed by atoms with Crippen molar-refractivity contribution < 1.29 is 4.74 Å². The number of ether oxygens (including phenoxy) is 1. The van der Waals surface area contributed by atoms with Crippen LogP contribution in [0.2, 0.25) is 0 Å². The average molecular weight is 454 g/mol. The number of benzene rings is 3. The zero-order valence-electron chi connectivity index (χ0n) is 17.7. The summed E-state index contributed by atoms with van der Waals surface area (Å²) >= 11 is 1.49. The molecule has 0 bridgehead atoms. The Morgan fingerprint density at radius 1 is 1.00 bits per heavy atom. The fourth-order valence-corrected chi connectivity index (χ4v) is 5.08. The van der Waals surface area contributed by atoms with Crippen LogP contribution in [0.1, 0.15) is 5.56 Å². The first kappa shape index (κ1) is 19.5. The number of pyridine rings is 1. The van der Waals surface area contributed by atoms with Gasteiger partial charge in [-0.05, 0) is 35.9 Å². The van der Waals surface area contributed by atoms with Crippen molar-refractivity contribution in [3.05, 3.63) is 88.7 Å². The van der Waals surface area contributed by atoms with Crippen molar-refractivity contribution in [2.45, 2.75) is 6.54 Å². The predicted octanol–water partition coefficient (Wildman–Crippen LogP) is 4.59. The van der Waals surface area contributed by atoms with Gasteiger partial charge < -0.3 is 15.0 Å². The second-order valence-electron chi connectivity index (χ2n) is 7.74. The lowest BCUT2D eigenvalue weighted by atomic mass is 10.1. The van der Waals surface area contributed by atoms with Crippen molar-refractivity contribution in [1.29, 1.82) is 0 Å². The minimum Gasteiger partial charge on any atom is -0.497 e. The Morgan fingerprint density at radius 3 is 2.55 bits per heavy atom. The predicted molar refractivity (Wildman–Crippen MR) is 133 cm³/mol. The van der Waals surface area contributed by atoms with Crippen molar-refractivity contribution in [2.24, 2.45) is 0 Å². The van der Waals surface area contributed by atoms with Crippen molar-refractivity contribution in [3.8, 4) is 10.9 Å². The largest absolute Gasteiger partial charge is 0.497 e. The lowest BCUT2D eigenvalue weighted by Gasteiger charge is -2.11. The van der Waals surface area contributed by atoms with Crippen LogP contribution in [0, 0.1) is 0 Å². The van der Waals surface area contributed by atoms with E-state index in [-0.39, 0.29) is 5.56 Å².